The molecule has 0 saturated heterocycles. The predicted molar refractivity (Wildman–Crippen MR) is 80.9 cm³/mol. The van der Waals surface area contributed by atoms with Gasteiger partial charge in [0.2, 0.25) is 5.43 Å². The third-order valence-corrected chi connectivity index (χ3v) is 3.54. The van der Waals surface area contributed by atoms with Crippen LogP contribution in [-0.4, -0.2) is 12.2 Å². The highest BCUT2D eigenvalue weighted by molar-refractivity contribution is 5.85. The van der Waals surface area contributed by atoms with E-state index in [0.29, 0.717) is 27.8 Å². The molecule has 0 saturated carbocycles. The molecule has 3 rings (SSSR count). The lowest BCUT2D eigenvalue weighted by Gasteiger charge is -2.08. The number of ether oxygens (including phenoxy) is 1. The van der Waals surface area contributed by atoms with Crippen molar-refractivity contribution >= 4 is 11.0 Å². The minimum atomic E-state index is -0.104. The minimum Gasteiger partial charge on any atom is -0.508 e. The van der Waals surface area contributed by atoms with Crippen LogP contribution in [0.2, 0.25) is 0 Å². The number of hydrogen-bond donors (Lipinski definition) is 1. The molecule has 21 heavy (non-hydrogen) atoms. The third kappa shape index (κ3) is 2.14. The van der Waals surface area contributed by atoms with Gasteiger partial charge in [-0.15, -0.1) is 0 Å². The molecule has 0 aliphatic rings. The van der Waals surface area contributed by atoms with Crippen LogP contribution in [0.3, 0.4) is 0 Å². The number of aromatic hydroxyl groups is 1. The topological polar surface area (TPSA) is 59.7 Å². The summed E-state index contributed by atoms with van der Waals surface area (Å²) < 4.78 is 10.9. The Morgan fingerprint density at radius 3 is 2.48 bits per heavy atom. The van der Waals surface area contributed by atoms with E-state index in [0.717, 1.165) is 5.56 Å². The summed E-state index contributed by atoms with van der Waals surface area (Å²) >= 11 is 0. The first-order valence-electron chi connectivity index (χ1n) is 6.50. The molecule has 0 aliphatic heterocycles. The van der Waals surface area contributed by atoms with E-state index in [9.17, 15) is 9.90 Å². The molecule has 1 heterocycles. The van der Waals surface area contributed by atoms with E-state index in [1.807, 2.05) is 6.92 Å². The molecule has 1 N–H and O–H groups in total. The van der Waals surface area contributed by atoms with Crippen LogP contribution in [0, 0.1) is 6.92 Å². The van der Waals surface area contributed by atoms with Crippen LogP contribution in [0.4, 0.5) is 0 Å². The van der Waals surface area contributed by atoms with Gasteiger partial charge in [0.25, 0.3) is 0 Å². The average molecular weight is 282 g/mol. The zero-order valence-electron chi connectivity index (χ0n) is 11.7. The fraction of sp³-hybridized carbons (Fsp3) is 0.118. The molecule has 2 aromatic carbocycles. The molecule has 0 unspecified atom stereocenters. The molecule has 0 atom stereocenters. The van der Waals surface area contributed by atoms with Crippen molar-refractivity contribution in [2.45, 2.75) is 6.92 Å². The first kappa shape index (κ1) is 13.2. The van der Waals surface area contributed by atoms with Crippen molar-refractivity contribution in [3.63, 3.8) is 0 Å². The van der Waals surface area contributed by atoms with Crippen molar-refractivity contribution in [3.8, 4) is 22.6 Å². The zero-order chi connectivity index (χ0) is 15.0. The smallest absolute Gasteiger partial charge is 0.200 e. The Bertz CT molecular complexity index is 860. The van der Waals surface area contributed by atoms with Crippen molar-refractivity contribution in [1.29, 1.82) is 0 Å². The van der Waals surface area contributed by atoms with E-state index in [1.165, 1.54) is 18.4 Å². The van der Waals surface area contributed by atoms with Crippen molar-refractivity contribution < 1.29 is 14.3 Å². The van der Waals surface area contributed by atoms with Gasteiger partial charge in [0, 0.05) is 5.56 Å². The van der Waals surface area contributed by atoms with Gasteiger partial charge in [-0.2, -0.15) is 0 Å². The molecule has 106 valence electrons. The van der Waals surface area contributed by atoms with Gasteiger partial charge in [0.15, 0.2) is 0 Å². The Kier molecular flexibility index (Phi) is 3.14. The molecule has 4 nitrogen and oxygen atoms in total. The van der Waals surface area contributed by atoms with E-state index in [-0.39, 0.29) is 11.2 Å². The second kappa shape index (κ2) is 4.98. The summed E-state index contributed by atoms with van der Waals surface area (Å²) in [4.78, 5) is 12.6. The Balaban J connectivity index is 2.26. The summed E-state index contributed by atoms with van der Waals surface area (Å²) in [6, 6.07) is 9.91. The quantitative estimate of drug-likeness (QED) is 0.781. The highest BCUT2D eigenvalue weighted by Gasteiger charge is 2.13. The van der Waals surface area contributed by atoms with Crippen molar-refractivity contribution in [3.05, 3.63) is 58.4 Å². The Morgan fingerprint density at radius 2 is 1.81 bits per heavy atom. The van der Waals surface area contributed by atoms with Crippen LogP contribution in [0.25, 0.3) is 22.1 Å². The summed E-state index contributed by atoms with van der Waals surface area (Å²) in [7, 11) is 1.58. The standard InChI is InChI=1S/C17H14O4/c1-10-15(20-2)8-7-13-16(19)14(9-21-17(10)13)11-3-5-12(18)6-4-11/h3-9,18H,1-2H3. The number of aryl methyl sites for hydroxylation is 1. The monoisotopic (exact) mass is 282 g/mol. The molecule has 1 aromatic heterocycles. The van der Waals surface area contributed by atoms with Crippen LogP contribution in [0.1, 0.15) is 5.56 Å². The number of benzene rings is 2. The van der Waals surface area contributed by atoms with E-state index >= 15 is 0 Å². The van der Waals surface area contributed by atoms with Gasteiger partial charge >= 0.3 is 0 Å². The highest BCUT2D eigenvalue weighted by Crippen LogP contribution is 2.28. The summed E-state index contributed by atoms with van der Waals surface area (Å²) in [6.07, 6.45) is 1.45. The van der Waals surface area contributed by atoms with E-state index in [1.54, 1.807) is 31.4 Å². The summed E-state index contributed by atoms with van der Waals surface area (Å²) in [5.74, 6) is 0.840. The number of rotatable bonds is 2. The second-order valence-corrected chi connectivity index (χ2v) is 4.79. The van der Waals surface area contributed by atoms with Crippen LogP contribution < -0.4 is 10.2 Å². The number of phenolic OH excluding ortho intramolecular Hbond substituents is 1. The van der Waals surface area contributed by atoms with E-state index < -0.39 is 0 Å². The van der Waals surface area contributed by atoms with Crippen LogP contribution in [-0.2, 0) is 0 Å². The van der Waals surface area contributed by atoms with Crippen molar-refractivity contribution in [2.24, 2.45) is 0 Å². The maximum atomic E-state index is 12.6. The van der Waals surface area contributed by atoms with Gasteiger partial charge in [-0.05, 0) is 36.8 Å². The van der Waals surface area contributed by atoms with E-state index in [4.69, 9.17) is 9.15 Å². The number of fused-ring (bicyclic) bond motifs is 1. The van der Waals surface area contributed by atoms with Crippen molar-refractivity contribution in [2.75, 3.05) is 7.11 Å². The third-order valence-electron chi connectivity index (χ3n) is 3.54. The highest BCUT2D eigenvalue weighted by atomic mass is 16.5. The second-order valence-electron chi connectivity index (χ2n) is 4.79. The largest absolute Gasteiger partial charge is 0.508 e. The molecule has 0 aliphatic carbocycles. The molecule has 0 radical (unpaired) electrons. The van der Waals surface area contributed by atoms with Gasteiger partial charge < -0.3 is 14.3 Å². The number of phenols is 1. The normalized spacial score (nSPS) is 10.8. The van der Waals surface area contributed by atoms with Gasteiger partial charge in [-0.3, -0.25) is 4.79 Å². The minimum absolute atomic E-state index is 0.104. The molecule has 3 aromatic rings. The fourth-order valence-corrected chi connectivity index (χ4v) is 2.38. The SMILES string of the molecule is COc1ccc2c(=O)c(-c3ccc(O)cc3)coc2c1C. The molecule has 0 spiro atoms. The number of methoxy groups -OCH3 is 1. The first-order valence-corrected chi connectivity index (χ1v) is 6.50. The first-order chi connectivity index (χ1) is 10.1. The van der Waals surface area contributed by atoms with Crippen LogP contribution in [0.5, 0.6) is 11.5 Å². The maximum Gasteiger partial charge on any atom is 0.200 e. The Hall–Kier alpha value is -2.75. The zero-order valence-corrected chi connectivity index (χ0v) is 11.7. The molecule has 4 heteroatoms. The Labute approximate surface area is 121 Å². The van der Waals surface area contributed by atoms with Crippen molar-refractivity contribution in [1.82, 2.24) is 0 Å². The van der Waals surface area contributed by atoms with Crippen LogP contribution >= 0.6 is 0 Å². The molecular formula is C17H14O4. The molecular weight excluding hydrogens is 268 g/mol. The summed E-state index contributed by atoms with van der Waals surface area (Å²) in [5, 5.41) is 9.84. The van der Waals surface area contributed by atoms with E-state index in [2.05, 4.69) is 0 Å². The van der Waals surface area contributed by atoms with Gasteiger partial charge in [0.05, 0.1) is 18.1 Å². The molecule has 0 fully saturated rings. The summed E-state index contributed by atoms with van der Waals surface area (Å²) in [5.41, 5.74) is 2.39. The lowest BCUT2D eigenvalue weighted by Crippen LogP contribution is -2.05. The van der Waals surface area contributed by atoms with Gasteiger partial charge in [-0.25, -0.2) is 0 Å². The molecule has 0 amide bonds. The van der Waals surface area contributed by atoms with Crippen LogP contribution in [0.15, 0.2) is 51.9 Å². The predicted octanol–water partition coefficient (Wildman–Crippen LogP) is 3.48. The Morgan fingerprint density at radius 1 is 1.10 bits per heavy atom. The number of hydrogen-bond acceptors (Lipinski definition) is 4. The maximum absolute atomic E-state index is 12.6. The fourth-order valence-electron chi connectivity index (χ4n) is 2.38. The lowest BCUT2D eigenvalue weighted by atomic mass is 10.0. The lowest BCUT2D eigenvalue weighted by molar-refractivity contribution is 0.411. The average Bonchev–Trinajstić information content (AvgIpc) is 2.50. The van der Waals surface area contributed by atoms with Gasteiger partial charge in [-0.1, -0.05) is 12.1 Å². The van der Waals surface area contributed by atoms with Gasteiger partial charge in [0.1, 0.15) is 23.3 Å². The molecule has 0 bridgehead atoms. The summed E-state index contributed by atoms with van der Waals surface area (Å²) in [6.45, 7) is 1.85.